The summed E-state index contributed by atoms with van der Waals surface area (Å²) in [4.78, 5) is 29.1. The Morgan fingerprint density at radius 1 is 0.951 bits per heavy atom. The summed E-state index contributed by atoms with van der Waals surface area (Å²) in [6, 6.07) is 21.5. The second-order valence-corrected chi connectivity index (χ2v) is 13.8. The van der Waals surface area contributed by atoms with Gasteiger partial charge >= 0.3 is 0 Å². The molecule has 7 nitrogen and oxygen atoms in total. The van der Waals surface area contributed by atoms with E-state index in [0.29, 0.717) is 12.1 Å². The maximum atomic E-state index is 13.9. The van der Waals surface area contributed by atoms with E-state index < -0.39 is 27.4 Å². The zero-order valence-corrected chi connectivity index (χ0v) is 26.2. The largest absolute Gasteiger partial charge is 0.350 e. The first-order chi connectivity index (χ1) is 19.2. The number of anilines is 1. The van der Waals surface area contributed by atoms with Crippen molar-refractivity contribution < 1.29 is 22.4 Å². The van der Waals surface area contributed by atoms with Crippen molar-refractivity contribution in [1.29, 1.82) is 0 Å². The Morgan fingerprint density at radius 2 is 1.59 bits per heavy atom. The molecule has 41 heavy (non-hydrogen) atoms. The number of benzene rings is 3. The fraction of sp³-hybridized carbons (Fsp3) is 0.355. The molecule has 0 heterocycles. The molecule has 0 saturated carbocycles. The van der Waals surface area contributed by atoms with Crippen LogP contribution in [0.15, 0.2) is 83.3 Å². The third-order valence-corrected chi connectivity index (χ3v) is 7.97. The van der Waals surface area contributed by atoms with Gasteiger partial charge in [-0.15, -0.1) is 0 Å². The molecule has 220 valence electrons. The Morgan fingerprint density at radius 3 is 2.17 bits per heavy atom. The topological polar surface area (TPSA) is 86.8 Å². The first kappa shape index (κ1) is 32.3. The lowest BCUT2D eigenvalue weighted by Crippen LogP contribution is -2.54. The van der Waals surface area contributed by atoms with Crippen LogP contribution in [0.2, 0.25) is 0 Å². The van der Waals surface area contributed by atoms with E-state index in [0.717, 1.165) is 26.2 Å². The molecule has 0 aromatic heterocycles. The van der Waals surface area contributed by atoms with Crippen LogP contribution in [-0.2, 0) is 32.6 Å². The summed E-state index contributed by atoms with van der Waals surface area (Å²) in [6.07, 6.45) is 1.60. The van der Waals surface area contributed by atoms with Gasteiger partial charge in [-0.3, -0.25) is 13.9 Å². The van der Waals surface area contributed by atoms with Crippen LogP contribution < -0.4 is 9.62 Å². The lowest BCUT2D eigenvalue weighted by molar-refractivity contribution is -0.142. The summed E-state index contributed by atoms with van der Waals surface area (Å²) >= 11 is 3.48. The van der Waals surface area contributed by atoms with Gasteiger partial charge in [0, 0.05) is 35.9 Å². The van der Waals surface area contributed by atoms with Crippen molar-refractivity contribution in [3.63, 3.8) is 0 Å². The normalized spacial score (nSPS) is 12.4. The minimum Gasteiger partial charge on any atom is -0.350 e. The average Bonchev–Trinajstić information content (AvgIpc) is 2.88. The van der Waals surface area contributed by atoms with Gasteiger partial charge in [0.05, 0.1) is 11.9 Å². The second kappa shape index (κ2) is 14.1. The molecule has 1 atom stereocenters. The Bertz CT molecular complexity index is 1430. The number of rotatable bonds is 12. The molecular weight excluding hydrogens is 609 g/mol. The summed E-state index contributed by atoms with van der Waals surface area (Å²) in [5.41, 5.74) is 1.56. The number of nitrogens with one attached hydrogen (secondary N) is 1. The van der Waals surface area contributed by atoms with Crippen molar-refractivity contribution in [2.45, 2.75) is 58.2 Å². The predicted molar refractivity (Wildman–Crippen MR) is 164 cm³/mol. The van der Waals surface area contributed by atoms with Crippen LogP contribution >= 0.6 is 15.9 Å². The standard InChI is InChI=1S/C31H37BrFN3O4S/c1-31(2,3)34-30(38)28(21-23-10-6-5-7-11-23)35(22-24-12-8-13-25(32)20-24)29(37)14-9-19-36(41(4,39)40)27-17-15-26(33)16-18-27/h5-8,10-13,15-18,20,28H,9,14,19,21-22H2,1-4H3,(H,34,38)/t28-/m1/s1. The van der Waals surface area contributed by atoms with Gasteiger partial charge in [0.15, 0.2) is 0 Å². The minimum atomic E-state index is -3.68. The molecule has 0 radical (unpaired) electrons. The SMILES string of the molecule is CC(C)(C)NC(=O)[C@@H](Cc1ccccc1)N(Cc1cccc(Br)c1)C(=O)CCCN(c1ccc(F)cc1)S(C)(=O)=O. The maximum Gasteiger partial charge on any atom is 0.243 e. The molecule has 0 saturated heterocycles. The van der Waals surface area contributed by atoms with Crippen molar-refractivity contribution in [2.75, 3.05) is 17.1 Å². The highest BCUT2D eigenvalue weighted by Crippen LogP contribution is 2.22. The molecule has 0 spiro atoms. The molecule has 10 heteroatoms. The molecule has 0 aliphatic heterocycles. The smallest absolute Gasteiger partial charge is 0.243 e. The molecule has 0 bridgehead atoms. The lowest BCUT2D eigenvalue weighted by Gasteiger charge is -2.34. The summed E-state index contributed by atoms with van der Waals surface area (Å²) in [6.45, 7) is 5.89. The van der Waals surface area contributed by atoms with Gasteiger partial charge in [0.2, 0.25) is 21.8 Å². The van der Waals surface area contributed by atoms with Gasteiger partial charge in [-0.25, -0.2) is 12.8 Å². The number of nitrogens with zero attached hydrogens (tertiary/aromatic N) is 2. The zero-order valence-electron chi connectivity index (χ0n) is 23.8. The Balaban J connectivity index is 1.90. The number of carbonyl (C=O) groups excluding carboxylic acids is 2. The summed E-state index contributed by atoms with van der Waals surface area (Å²) in [7, 11) is -3.68. The van der Waals surface area contributed by atoms with Crippen molar-refractivity contribution in [1.82, 2.24) is 10.2 Å². The van der Waals surface area contributed by atoms with Crippen LogP contribution in [-0.4, -0.2) is 49.5 Å². The predicted octanol–water partition coefficient (Wildman–Crippen LogP) is 5.69. The zero-order chi connectivity index (χ0) is 30.2. The van der Waals surface area contributed by atoms with Gasteiger partial charge in [-0.1, -0.05) is 58.4 Å². The van der Waals surface area contributed by atoms with Gasteiger partial charge < -0.3 is 10.2 Å². The third-order valence-electron chi connectivity index (χ3n) is 6.28. The van der Waals surface area contributed by atoms with E-state index in [1.165, 1.54) is 24.3 Å². The first-order valence-corrected chi connectivity index (χ1v) is 16.0. The number of halogens is 2. The molecule has 0 unspecified atom stereocenters. The highest BCUT2D eigenvalue weighted by atomic mass is 79.9. The van der Waals surface area contributed by atoms with Crippen LogP contribution in [0.3, 0.4) is 0 Å². The van der Waals surface area contributed by atoms with E-state index in [1.807, 2.05) is 75.4 Å². The van der Waals surface area contributed by atoms with Crippen molar-refractivity contribution in [3.8, 4) is 0 Å². The van der Waals surface area contributed by atoms with E-state index in [4.69, 9.17) is 0 Å². The molecule has 0 fully saturated rings. The van der Waals surface area contributed by atoms with Crippen molar-refractivity contribution in [3.05, 3.63) is 100 Å². The monoisotopic (exact) mass is 645 g/mol. The fourth-order valence-corrected chi connectivity index (χ4v) is 5.86. The van der Waals surface area contributed by atoms with Gasteiger partial charge in [0.25, 0.3) is 0 Å². The highest BCUT2D eigenvalue weighted by molar-refractivity contribution is 9.10. The second-order valence-electron chi connectivity index (χ2n) is 11.0. The number of amides is 2. The quantitative estimate of drug-likeness (QED) is 0.274. The molecule has 3 aromatic carbocycles. The highest BCUT2D eigenvalue weighted by Gasteiger charge is 2.32. The first-order valence-electron chi connectivity index (χ1n) is 13.4. The molecule has 3 aromatic rings. The molecule has 3 rings (SSSR count). The number of hydrogen-bond donors (Lipinski definition) is 1. The number of carbonyl (C=O) groups is 2. The Kier molecular flexibility index (Phi) is 11.1. The summed E-state index contributed by atoms with van der Waals surface area (Å²) in [5.74, 6) is -1.02. The van der Waals surface area contributed by atoms with E-state index >= 15 is 0 Å². The van der Waals surface area contributed by atoms with Gasteiger partial charge in [-0.05, 0) is 74.7 Å². The number of sulfonamides is 1. The van der Waals surface area contributed by atoms with Crippen molar-refractivity contribution in [2.24, 2.45) is 0 Å². The number of hydrogen-bond acceptors (Lipinski definition) is 4. The maximum absolute atomic E-state index is 13.9. The molecule has 2 amide bonds. The van der Waals surface area contributed by atoms with E-state index in [-0.39, 0.29) is 37.7 Å². The summed E-state index contributed by atoms with van der Waals surface area (Å²) in [5, 5.41) is 3.03. The van der Waals surface area contributed by atoms with E-state index in [2.05, 4.69) is 21.2 Å². The average molecular weight is 647 g/mol. The molecule has 0 aliphatic rings. The third kappa shape index (κ3) is 10.3. The van der Waals surface area contributed by atoms with Crippen molar-refractivity contribution >= 4 is 43.5 Å². The van der Waals surface area contributed by atoms with E-state index in [9.17, 15) is 22.4 Å². The van der Waals surface area contributed by atoms with E-state index in [1.54, 1.807) is 4.90 Å². The minimum absolute atomic E-state index is 0.00923. The van der Waals surface area contributed by atoms with Gasteiger partial charge in [-0.2, -0.15) is 0 Å². The van der Waals surface area contributed by atoms with Crippen LogP contribution in [0.4, 0.5) is 10.1 Å². The molecular formula is C31H37BrFN3O4S. The Hall–Kier alpha value is -3.24. The lowest BCUT2D eigenvalue weighted by atomic mass is 10.00. The molecule has 1 N–H and O–H groups in total. The van der Waals surface area contributed by atoms with Crippen LogP contribution in [0, 0.1) is 5.82 Å². The Labute approximate surface area is 250 Å². The summed E-state index contributed by atoms with van der Waals surface area (Å²) < 4.78 is 40.5. The molecule has 0 aliphatic carbocycles. The van der Waals surface area contributed by atoms with Crippen LogP contribution in [0.25, 0.3) is 0 Å². The fourth-order valence-electron chi connectivity index (χ4n) is 4.45. The van der Waals surface area contributed by atoms with Gasteiger partial charge in [0.1, 0.15) is 11.9 Å². The van der Waals surface area contributed by atoms with Crippen LogP contribution in [0.1, 0.15) is 44.7 Å². The van der Waals surface area contributed by atoms with Crippen LogP contribution in [0.5, 0.6) is 0 Å².